The molecule has 2 fully saturated rings. The van der Waals surface area contributed by atoms with Crippen molar-refractivity contribution in [1.29, 1.82) is 0 Å². The van der Waals surface area contributed by atoms with Crippen molar-refractivity contribution < 1.29 is 4.39 Å². The molecule has 2 heterocycles. The lowest BCUT2D eigenvalue weighted by molar-refractivity contribution is 0.0970. The molecule has 19 heavy (non-hydrogen) atoms. The molecule has 1 aromatic rings. The van der Waals surface area contributed by atoms with Gasteiger partial charge in [-0.2, -0.15) is 0 Å². The first-order chi connectivity index (χ1) is 9.00. The highest BCUT2D eigenvalue weighted by atomic mass is 19.1. The molecule has 1 aromatic carbocycles. The van der Waals surface area contributed by atoms with Crippen LogP contribution >= 0.6 is 0 Å². The summed E-state index contributed by atoms with van der Waals surface area (Å²) in [6.07, 6.45) is 0. The van der Waals surface area contributed by atoms with Gasteiger partial charge < -0.3 is 5.32 Å². The fourth-order valence-electron chi connectivity index (χ4n) is 4.03. The van der Waals surface area contributed by atoms with Gasteiger partial charge in [0.15, 0.2) is 0 Å². The van der Waals surface area contributed by atoms with E-state index < -0.39 is 0 Å². The van der Waals surface area contributed by atoms with Crippen LogP contribution in [0.5, 0.6) is 0 Å². The molecule has 3 heteroatoms. The number of fused-ring (bicyclic) bond motifs is 1. The van der Waals surface area contributed by atoms with Crippen LogP contribution in [0.15, 0.2) is 24.3 Å². The Morgan fingerprint density at radius 1 is 1.26 bits per heavy atom. The van der Waals surface area contributed by atoms with Crippen LogP contribution in [0.1, 0.15) is 32.4 Å². The van der Waals surface area contributed by atoms with E-state index in [0.717, 1.165) is 31.5 Å². The molecule has 0 aromatic heterocycles. The first-order valence-electron chi connectivity index (χ1n) is 7.23. The summed E-state index contributed by atoms with van der Waals surface area (Å²) in [4.78, 5) is 2.59. The quantitative estimate of drug-likeness (QED) is 0.881. The molecule has 0 aliphatic carbocycles. The van der Waals surface area contributed by atoms with E-state index in [1.165, 1.54) is 5.56 Å². The van der Waals surface area contributed by atoms with Crippen molar-refractivity contribution in [3.05, 3.63) is 35.6 Å². The monoisotopic (exact) mass is 262 g/mol. The number of nitrogens with one attached hydrogen (secondary N) is 1. The Bertz CT molecular complexity index is 454. The molecule has 3 atom stereocenters. The second kappa shape index (κ2) is 4.57. The predicted octanol–water partition coefficient (Wildman–Crippen LogP) is 2.82. The van der Waals surface area contributed by atoms with Crippen molar-refractivity contribution in [2.45, 2.75) is 32.4 Å². The number of benzene rings is 1. The lowest BCUT2D eigenvalue weighted by atomic mass is 9.84. The summed E-state index contributed by atoms with van der Waals surface area (Å²) in [6.45, 7) is 10.4. The van der Waals surface area contributed by atoms with Gasteiger partial charge in [-0.05, 0) is 56.8 Å². The molecule has 0 radical (unpaired) electrons. The molecule has 2 aliphatic rings. The first-order valence-corrected chi connectivity index (χ1v) is 7.23. The van der Waals surface area contributed by atoms with Gasteiger partial charge in [-0.3, -0.25) is 4.90 Å². The number of halogens is 1. The molecule has 104 valence electrons. The Hall–Kier alpha value is -0.930. The Morgan fingerprint density at radius 2 is 1.95 bits per heavy atom. The smallest absolute Gasteiger partial charge is 0.123 e. The summed E-state index contributed by atoms with van der Waals surface area (Å²) in [7, 11) is 0. The van der Waals surface area contributed by atoms with Crippen LogP contribution in [0.2, 0.25) is 0 Å². The van der Waals surface area contributed by atoms with Crippen molar-refractivity contribution in [2.75, 3.05) is 19.6 Å². The molecule has 0 amide bonds. The third kappa shape index (κ3) is 2.09. The minimum Gasteiger partial charge on any atom is -0.316 e. The molecule has 0 bridgehead atoms. The molecular formula is C16H23FN2. The number of hydrogen-bond donors (Lipinski definition) is 1. The van der Waals surface area contributed by atoms with E-state index in [9.17, 15) is 4.39 Å². The van der Waals surface area contributed by atoms with Gasteiger partial charge in [0.05, 0.1) is 0 Å². The Labute approximate surface area is 115 Å². The summed E-state index contributed by atoms with van der Waals surface area (Å²) >= 11 is 0. The number of likely N-dealkylation sites (tertiary alicyclic amines) is 1. The van der Waals surface area contributed by atoms with Crippen LogP contribution in [0.4, 0.5) is 4.39 Å². The summed E-state index contributed by atoms with van der Waals surface area (Å²) in [6, 6.07) is 7.32. The molecule has 3 rings (SSSR count). The predicted molar refractivity (Wildman–Crippen MR) is 75.4 cm³/mol. The van der Waals surface area contributed by atoms with E-state index in [1.807, 2.05) is 12.1 Å². The van der Waals surface area contributed by atoms with Crippen molar-refractivity contribution >= 4 is 0 Å². The highest BCUT2D eigenvalue weighted by Gasteiger charge is 2.50. The minimum absolute atomic E-state index is 0.155. The summed E-state index contributed by atoms with van der Waals surface area (Å²) in [5.74, 6) is 1.34. The van der Waals surface area contributed by atoms with Gasteiger partial charge in [0.1, 0.15) is 5.82 Å². The molecule has 1 N–H and O–H groups in total. The van der Waals surface area contributed by atoms with E-state index in [0.29, 0.717) is 6.04 Å². The topological polar surface area (TPSA) is 15.3 Å². The van der Waals surface area contributed by atoms with Crippen LogP contribution in [-0.2, 0) is 0 Å². The number of rotatable bonds is 2. The maximum Gasteiger partial charge on any atom is 0.123 e. The third-order valence-electron chi connectivity index (χ3n) is 5.24. The van der Waals surface area contributed by atoms with E-state index in [2.05, 4.69) is 31.0 Å². The average Bonchev–Trinajstić information content (AvgIpc) is 2.92. The van der Waals surface area contributed by atoms with Crippen LogP contribution in [-0.4, -0.2) is 30.1 Å². The third-order valence-corrected chi connectivity index (χ3v) is 5.24. The van der Waals surface area contributed by atoms with E-state index in [1.54, 1.807) is 12.1 Å². The summed E-state index contributed by atoms with van der Waals surface area (Å²) in [5, 5.41) is 3.51. The molecule has 0 saturated carbocycles. The standard InChI is InChI=1S/C16H23FN2/c1-11(12-4-6-14(17)7-5-12)19-10-13-8-18-9-15(13)16(19,2)3/h4-7,11,13,15,18H,8-10H2,1-3H3. The zero-order valence-corrected chi connectivity index (χ0v) is 12.0. The van der Waals surface area contributed by atoms with Gasteiger partial charge in [0.25, 0.3) is 0 Å². The van der Waals surface area contributed by atoms with Crippen molar-refractivity contribution in [3.63, 3.8) is 0 Å². The Kier molecular flexibility index (Phi) is 3.14. The molecular weight excluding hydrogens is 239 g/mol. The molecule has 2 saturated heterocycles. The molecule has 2 aliphatic heterocycles. The minimum atomic E-state index is -0.155. The highest BCUT2D eigenvalue weighted by molar-refractivity contribution is 5.21. The van der Waals surface area contributed by atoms with Crippen LogP contribution < -0.4 is 5.32 Å². The van der Waals surface area contributed by atoms with E-state index >= 15 is 0 Å². The van der Waals surface area contributed by atoms with Gasteiger partial charge in [0.2, 0.25) is 0 Å². The van der Waals surface area contributed by atoms with Crippen LogP contribution in [0.25, 0.3) is 0 Å². The highest BCUT2D eigenvalue weighted by Crippen LogP contribution is 2.44. The normalized spacial score (nSPS) is 31.4. The van der Waals surface area contributed by atoms with Crippen molar-refractivity contribution in [2.24, 2.45) is 11.8 Å². The zero-order chi connectivity index (χ0) is 13.6. The van der Waals surface area contributed by atoms with Gasteiger partial charge in [0, 0.05) is 24.7 Å². The van der Waals surface area contributed by atoms with Gasteiger partial charge >= 0.3 is 0 Å². The van der Waals surface area contributed by atoms with Crippen LogP contribution in [0, 0.1) is 17.7 Å². The van der Waals surface area contributed by atoms with Gasteiger partial charge in [-0.25, -0.2) is 4.39 Å². The van der Waals surface area contributed by atoms with Crippen molar-refractivity contribution in [3.8, 4) is 0 Å². The fourth-order valence-corrected chi connectivity index (χ4v) is 4.03. The van der Waals surface area contributed by atoms with E-state index in [-0.39, 0.29) is 11.4 Å². The largest absolute Gasteiger partial charge is 0.316 e. The van der Waals surface area contributed by atoms with Crippen LogP contribution in [0.3, 0.4) is 0 Å². The lowest BCUT2D eigenvalue weighted by Crippen LogP contribution is -2.45. The fraction of sp³-hybridized carbons (Fsp3) is 0.625. The molecule has 2 nitrogen and oxygen atoms in total. The van der Waals surface area contributed by atoms with Gasteiger partial charge in [-0.15, -0.1) is 0 Å². The van der Waals surface area contributed by atoms with Gasteiger partial charge in [-0.1, -0.05) is 12.1 Å². The van der Waals surface area contributed by atoms with Crippen molar-refractivity contribution in [1.82, 2.24) is 10.2 Å². The summed E-state index contributed by atoms with van der Waals surface area (Å²) < 4.78 is 13.0. The second-order valence-corrected chi connectivity index (χ2v) is 6.56. The maximum atomic E-state index is 13.0. The number of nitrogens with zero attached hydrogens (tertiary/aromatic N) is 1. The van der Waals surface area contributed by atoms with E-state index in [4.69, 9.17) is 0 Å². The molecule has 3 unspecified atom stereocenters. The summed E-state index contributed by atoms with van der Waals surface area (Å²) in [5.41, 5.74) is 1.42. The Morgan fingerprint density at radius 3 is 2.58 bits per heavy atom. The maximum absolute atomic E-state index is 13.0. The second-order valence-electron chi connectivity index (χ2n) is 6.56. The zero-order valence-electron chi connectivity index (χ0n) is 12.0. The number of hydrogen-bond acceptors (Lipinski definition) is 2. The SMILES string of the molecule is CC(c1ccc(F)cc1)N1CC2CNCC2C1(C)C. The Balaban J connectivity index is 1.84. The first kappa shape index (κ1) is 13.1. The molecule has 0 spiro atoms. The lowest BCUT2D eigenvalue weighted by Gasteiger charge is -2.40. The average molecular weight is 262 g/mol.